The standard InChI is InChI=1S/C24H24N2O4S/c1-29-24(28)18-12-10-17(11-13-18)23-25-20(16-31-23)21-9-5-6-14-26(21)22(27)15-30-19-7-3-2-4-8-19/h2-4,7-8,10-13,16,21H,5-6,9,14-15H2,1H3/t21-/m1/s1. The molecule has 1 aliphatic rings. The van der Waals surface area contributed by atoms with E-state index in [0.717, 1.165) is 35.5 Å². The number of ether oxygens (including phenoxy) is 2. The van der Waals surface area contributed by atoms with E-state index >= 15 is 0 Å². The molecule has 160 valence electrons. The lowest BCUT2D eigenvalue weighted by molar-refractivity contribution is -0.137. The Morgan fingerprint density at radius 1 is 1.10 bits per heavy atom. The average Bonchev–Trinajstić information content (AvgIpc) is 3.33. The number of piperidine rings is 1. The number of nitrogens with zero attached hydrogens (tertiary/aromatic N) is 2. The normalized spacial score (nSPS) is 16.0. The Labute approximate surface area is 185 Å². The zero-order chi connectivity index (χ0) is 21.6. The van der Waals surface area contributed by atoms with Crippen LogP contribution in [0.5, 0.6) is 5.75 Å². The quantitative estimate of drug-likeness (QED) is 0.523. The van der Waals surface area contributed by atoms with Crippen LogP contribution in [0.25, 0.3) is 10.6 Å². The van der Waals surface area contributed by atoms with Gasteiger partial charge in [-0.1, -0.05) is 30.3 Å². The summed E-state index contributed by atoms with van der Waals surface area (Å²) in [7, 11) is 1.37. The number of carbonyl (C=O) groups is 2. The highest BCUT2D eigenvalue weighted by atomic mass is 32.1. The predicted octanol–water partition coefficient (Wildman–Crippen LogP) is 4.73. The molecule has 1 aromatic heterocycles. The Kier molecular flexibility index (Phi) is 6.62. The maximum atomic E-state index is 12.9. The number of methoxy groups -OCH3 is 1. The van der Waals surface area contributed by atoms with Crippen LogP contribution in [0.15, 0.2) is 60.0 Å². The Morgan fingerprint density at radius 2 is 1.87 bits per heavy atom. The first-order valence-corrected chi connectivity index (χ1v) is 11.1. The topological polar surface area (TPSA) is 68.7 Å². The lowest BCUT2D eigenvalue weighted by atomic mass is 10.00. The fourth-order valence-corrected chi connectivity index (χ4v) is 4.59. The number of hydrogen-bond donors (Lipinski definition) is 0. The van der Waals surface area contributed by atoms with Crippen molar-refractivity contribution in [1.82, 2.24) is 9.88 Å². The number of rotatable bonds is 6. The smallest absolute Gasteiger partial charge is 0.337 e. The van der Waals surface area contributed by atoms with E-state index in [1.54, 1.807) is 23.5 Å². The van der Waals surface area contributed by atoms with E-state index in [4.69, 9.17) is 14.5 Å². The number of para-hydroxylation sites is 1. The number of amides is 1. The summed E-state index contributed by atoms with van der Waals surface area (Å²) in [5.41, 5.74) is 2.35. The van der Waals surface area contributed by atoms with Crippen LogP contribution in [-0.4, -0.2) is 42.0 Å². The number of carbonyl (C=O) groups excluding carboxylic acids is 2. The van der Waals surface area contributed by atoms with Crippen LogP contribution in [0.4, 0.5) is 0 Å². The molecule has 1 amide bonds. The summed E-state index contributed by atoms with van der Waals surface area (Å²) >= 11 is 1.54. The molecule has 2 aromatic carbocycles. The highest BCUT2D eigenvalue weighted by molar-refractivity contribution is 7.13. The van der Waals surface area contributed by atoms with Crippen molar-refractivity contribution in [3.63, 3.8) is 0 Å². The van der Waals surface area contributed by atoms with Crippen molar-refractivity contribution in [2.24, 2.45) is 0 Å². The number of esters is 1. The van der Waals surface area contributed by atoms with Gasteiger partial charge in [0.05, 0.1) is 24.4 Å². The number of thiazole rings is 1. The van der Waals surface area contributed by atoms with Gasteiger partial charge in [0.25, 0.3) is 5.91 Å². The minimum atomic E-state index is -0.361. The van der Waals surface area contributed by atoms with Crippen molar-refractivity contribution in [1.29, 1.82) is 0 Å². The van der Waals surface area contributed by atoms with E-state index in [0.29, 0.717) is 17.9 Å². The molecule has 31 heavy (non-hydrogen) atoms. The minimum absolute atomic E-state index is 0.0203. The fourth-order valence-electron chi connectivity index (χ4n) is 3.72. The van der Waals surface area contributed by atoms with Crippen molar-refractivity contribution in [3.8, 4) is 16.3 Å². The third-order valence-corrected chi connectivity index (χ3v) is 6.25. The minimum Gasteiger partial charge on any atom is -0.484 e. The number of hydrogen-bond acceptors (Lipinski definition) is 6. The second kappa shape index (κ2) is 9.75. The molecular weight excluding hydrogens is 412 g/mol. The van der Waals surface area contributed by atoms with E-state index < -0.39 is 0 Å². The monoisotopic (exact) mass is 436 g/mol. The highest BCUT2D eigenvalue weighted by Crippen LogP contribution is 2.34. The molecular formula is C24H24N2O4S. The first-order valence-electron chi connectivity index (χ1n) is 10.3. The summed E-state index contributed by atoms with van der Waals surface area (Å²) in [5, 5.41) is 2.89. The summed E-state index contributed by atoms with van der Waals surface area (Å²) in [5.74, 6) is 0.307. The van der Waals surface area contributed by atoms with E-state index in [-0.39, 0.29) is 24.5 Å². The first kappa shape index (κ1) is 21.1. The Hall–Kier alpha value is -3.19. The van der Waals surface area contributed by atoms with E-state index in [9.17, 15) is 9.59 Å². The maximum absolute atomic E-state index is 12.9. The van der Waals surface area contributed by atoms with Crippen LogP contribution in [0, 0.1) is 0 Å². The number of aromatic nitrogens is 1. The zero-order valence-corrected chi connectivity index (χ0v) is 18.1. The van der Waals surface area contributed by atoms with Crippen molar-refractivity contribution in [2.75, 3.05) is 20.3 Å². The van der Waals surface area contributed by atoms with Gasteiger partial charge in [-0.15, -0.1) is 11.3 Å². The molecule has 2 heterocycles. The highest BCUT2D eigenvalue weighted by Gasteiger charge is 2.30. The van der Waals surface area contributed by atoms with Crippen molar-refractivity contribution >= 4 is 23.2 Å². The molecule has 1 fully saturated rings. The molecule has 1 saturated heterocycles. The first-order chi connectivity index (χ1) is 15.2. The van der Waals surface area contributed by atoms with Gasteiger partial charge in [0.15, 0.2) is 6.61 Å². The molecule has 0 unspecified atom stereocenters. The van der Waals surface area contributed by atoms with Gasteiger partial charge in [-0.05, 0) is 43.5 Å². The van der Waals surface area contributed by atoms with Crippen molar-refractivity contribution in [2.45, 2.75) is 25.3 Å². The maximum Gasteiger partial charge on any atom is 0.337 e. The van der Waals surface area contributed by atoms with Gasteiger partial charge in [-0.25, -0.2) is 9.78 Å². The molecule has 7 heteroatoms. The lowest BCUT2D eigenvalue weighted by Crippen LogP contribution is -2.41. The molecule has 0 bridgehead atoms. The van der Waals surface area contributed by atoms with Crippen LogP contribution >= 0.6 is 11.3 Å². The van der Waals surface area contributed by atoms with Gasteiger partial charge in [0.1, 0.15) is 10.8 Å². The molecule has 4 rings (SSSR count). The van der Waals surface area contributed by atoms with Crippen LogP contribution in [0.2, 0.25) is 0 Å². The molecule has 0 spiro atoms. The second-order valence-corrected chi connectivity index (χ2v) is 8.20. The summed E-state index contributed by atoms with van der Waals surface area (Å²) in [6, 6.07) is 16.5. The van der Waals surface area contributed by atoms with Gasteiger partial charge < -0.3 is 14.4 Å². The van der Waals surface area contributed by atoms with Gasteiger partial charge in [-0.3, -0.25) is 4.79 Å². The molecule has 1 aliphatic heterocycles. The van der Waals surface area contributed by atoms with Crippen molar-refractivity contribution in [3.05, 3.63) is 71.2 Å². The van der Waals surface area contributed by atoms with Crippen LogP contribution in [-0.2, 0) is 9.53 Å². The summed E-state index contributed by atoms with van der Waals surface area (Å²) < 4.78 is 10.4. The fraction of sp³-hybridized carbons (Fsp3) is 0.292. The zero-order valence-electron chi connectivity index (χ0n) is 17.3. The van der Waals surface area contributed by atoms with Crippen LogP contribution in [0.3, 0.4) is 0 Å². The van der Waals surface area contributed by atoms with Crippen LogP contribution < -0.4 is 4.74 Å². The molecule has 0 radical (unpaired) electrons. The summed E-state index contributed by atoms with van der Waals surface area (Å²) in [6.07, 6.45) is 2.94. The van der Waals surface area contributed by atoms with Crippen LogP contribution in [0.1, 0.15) is 41.4 Å². The van der Waals surface area contributed by atoms with E-state index in [1.807, 2.05) is 52.7 Å². The second-order valence-electron chi connectivity index (χ2n) is 7.35. The average molecular weight is 437 g/mol. The van der Waals surface area contributed by atoms with Gasteiger partial charge in [0.2, 0.25) is 0 Å². The number of benzene rings is 2. The Morgan fingerprint density at radius 3 is 2.61 bits per heavy atom. The molecule has 0 saturated carbocycles. The van der Waals surface area contributed by atoms with E-state index in [2.05, 4.69) is 0 Å². The summed E-state index contributed by atoms with van der Waals surface area (Å²) in [4.78, 5) is 31.2. The molecule has 0 N–H and O–H groups in total. The molecule has 6 nitrogen and oxygen atoms in total. The van der Waals surface area contributed by atoms with Crippen molar-refractivity contribution < 1.29 is 19.1 Å². The Bertz CT molecular complexity index is 1030. The van der Waals surface area contributed by atoms with Gasteiger partial charge in [-0.2, -0.15) is 0 Å². The Balaban J connectivity index is 1.46. The molecule has 1 atom stereocenters. The third kappa shape index (κ3) is 4.94. The summed E-state index contributed by atoms with van der Waals surface area (Å²) in [6.45, 7) is 0.731. The van der Waals surface area contributed by atoms with Gasteiger partial charge in [0, 0.05) is 17.5 Å². The largest absolute Gasteiger partial charge is 0.484 e. The van der Waals surface area contributed by atoms with E-state index in [1.165, 1.54) is 7.11 Å². The predicted molar refractivity (Wildman–Crippen MR) is 119 cm³/mol. The SMILES string of the molecule is COC(=O)c1ccc(-c2nc([C@H]3CCCCN3C(=O)COc3ccccc3)cs2)cc1. The van der Waals surface area contributed by atoms with Gasteiger partial charge >= 0.3 is 5.97 Å². The lowest BCUT2D eigenvalue weighted by Gasteiger charge is -2.34. The molecule has 0 aliphatic carbocycles. The number of likely N-dealkylation sites (tertiary alicyclic amines) is 1. The molecule has 3 aromatic rings. The third-order valence-electron chi connectivity index (χ3n) is 5.34.